The van der Waals surface area contributed by atoms with Crippen LogP contribution >= 0.6 is 0 Å². The molecule has 8 bridgehead atoms. The summed E-state index contributed by atoms with van der Waals surface area (Å²) >= 11 is 0. The van der Waals surface area contributed by atoms with E-state index in [1.54, 1.807) is 76.3 Å². The van der Waals surface area contributed by atoms with Crippen LogP contribution in [0.2, 0.25) is 0 Å². The Kier molecular flexibility index (Phi) is 12.1. The standard InChI is InChI=1S/C32H29N4O8.ClH.Mn/c1-5-41-29(37)25-17-9-11-19(33-17)26(30(38)42-6-2)21-13-15-23(35-21)28(32(40)44-8-4)24-16-14-22(36-24)27(31(39)43-7-3)20-12-10-18(25)34-20;;/h9-16H,5-8H2,1-4H3,(H-,33,34,35,36,37,38,39,40);1H;/q-1;;+3/p-2. The number of halogens is 1. The smallest absolute Gasteiger partial charge is 1.00 e. The Hall–Kier alpha value is -4.71. The van der Waals surface area contributed by atoms with Crippen LogP contribution in [0.15, 0.2) is 24.3 Å². The second-order valence-electron chi connectivity index (χ2n) is 9.24. The number of esters is 4. The van der Waals surface area contributed by atoms with Gasteiger partial charge in [-0.1, -0.05) is 24.3 Å². The molecule has 238 valence electrons. The van der Waals surface area contributed by atoms with Gasteiger partial charge < -0.3 is 41.3 Å². The van der Waals surface area contributed by atoms with E-state index in [9.17, 15) is 19.2 Å². The van der Waals surface area contributed by atoms with Crippen molar-refractivity contribution in [3.63, 3.8) is 0 Å². The largest absolute Gasteiger partial charge is 3.00 e. The first kappa shape index (κ1) is 35.8. The quantitative estimate of drug-likeness (QED) is 0.132. The Morgan fingerprint density at radius 2 is 0.717 bits per heavy atom. The molecule has 14 heteroatoms. The van der Waals surface area contributed by atoms with Crippen LogP contribution < -0.4 is 22.4 Å². The van der Waals surface area contributed by atoms with E-state index in [-0.39, 0.29) is 123 Å². The van der Waals surface area contributed by atoms with Gasteiger partial charge in [-0.05, 0) is 52.0 Å². The van der Waals surface area contributed by atoms with Crippen LogP contribution in [-0.2, 0) is 36.0 Å². The van der Waals surface area contributed by atoms with Gasteiger partial charge in [-0.25, -0.2) is 29.1 Å². The van der Waals surface area contributed by atoms with Gasteiger partial charge in [-0.3, -0.25) is 0 Å². The minimum Gasteiger partial charge on any atom is -1.00 e. The molecule has 3 aromatic heterocycles. The predicted octanol–water partition coefficient (Wildman–Crippen LogP) is 1.62. The third-order valence-corrected chi connectivity index (χ3v) is 6.53. The average Bonchev–Trinajstić information content (AvgIpc) is 3.80. The van der Waals surface area contributed by atoms with Gasteiger partial charge in [0.2, 0.25) is 0 Å². The SMILES string of the molecule is CCOC(=O)c1c2nc(c(C(=O)OCC)c3ccc([n-]3)c(C(=O)OCC)c3nc(c(C(=O)OCC)c4ccc1[n-]4)C=C3)C=C2.[Cl-].[Mn+3]. The minimum absolute atomic E-state index is 0. The van der Waals surface area contributed by atoms with Crippen molar-refractivity contribution >= 4 is 70.2 Å². The van der Waals surface area contributed by atoms with Crippen molar-refractivity contribution in [2.45, 2.75) is 27.7 Å². The van der Waals surface area contributed by atoms with Crippen LogP contribution in [-0.4, -0.2) is 60.3 Å². The van der Waals surface area contributed by atoms with Gasteiger partial charge in [0.25, 0.3) is 0 Å². The molecule has 0 radical (unpaired) electrons. The number of nitrogens with zero attached hydrogens (tertiary/aromatic N) is 4. The van der Waals surface area contributed by atoms with Gasteiger partial charge in [0.1, 0.15) is 0 Å². The van der Waals surface area contributed by atoms with E-state index < -0.39 is 23.9 Å². The molecule has 2 aliphatic rings. The monoisotopic (exact) mass is 686 g/mol. The summed E-state index contributed by atoms with van der Waals surface area (Å²) in [6, 6.07) is 6.20. The number of ether oxygens (including phenoxy) is 4. The summed E-state index contributed by atoms with van der Waals surface area (Å²) in [6.07, 6.45) is 6.20. The maximum Gasteiger partial charge on any atom is 3.00 e. The second-order valence-corrected chi connectivity index (χ2v) is 9.24. The van der Waals surface area contributed by atoms with Crippen molar-refractivity contribution < 1.29 is 67.6 Å². The number of hydrogen-bond acceptors (Lipinski definition) is 10. The molecule has 2 aliphatic heterocycles. The molecule has 0 aromatic carbocycles. The van der Waals surface area contributed by atoms with Crippen molar-refractivity contribution in [3.8, 4) is 0 Å². The Bertz CT molecular complexity index is 1650. The summed E-state index contributed by atoms with van der Waals surface area (Å²) in [5.74, 6) is -2.80. The van der Waals surface area contributed by atoms with E-state index in [0.717, 1.165) is 0 Å². The predicted molar refractivity (Wildman–Crippen MR) is 161 cm³/mol. The number of aromatic nitrogens is 4. The molecular formula is C32H28ClMnN4O8. The van der Waals surface area contributed by atoms with Crippen molar-refractivity contribution in [2.24, 2.45) is 0 Å². The zero-order valence-corrected chi connectivity index (χ0v) is 27.2. The van der Waals surface area contributed by atoms with Crippen LogP contribution in [0.1, 0.15) is 91.9 Å². The summed E-state index contributed by atoms with van der Waals surface area (Å²) < 4.78 is 21.3. The van der Waals surface area contributed by atoms with Crippen LogP contribution in [0, 0.1) is 0 Å². The molecule has 0 unspecified atom stereocenters. The fourth-order valence-electron chi connectivity index (χ4n) is 4.74. The van der Waals surface area contributed by atoms with E-state index in [2.05, 4.69) is 19.9 Å². The maximum atomic E-state index is 13.2. The Morgan fingerprint density at radius 1 is 0.500 bits per heavy atom. The summed E-state index contributed by atoms with van der Waals surface area (Å²) in [7, 11) is 0. The fraction of sp³-hybridized carbons (Fsp3) is 0.250. The molecule has 0 saturated heterocycles. The van der Waals surface area contributed by atoms with E-state index >= 15 is 0 Å². The molecule has 3 aromatic rings. The van der Waals surface area contributed by atoms with E-state index in [4.69, 9.17) is 18.9 Å². The number of carbonyl (C=O) groups excluding carboxylic acids is 4. The van der Waals surface area contributed by atoms with Gasteiger partial charge >= 0.3 is 40.9 Å². The number of hydrogen-bond donors (Lipinski definition) is 0. The molecule has 5 heterocycles. The molecule has 0 amide bonds. The third kappa shape index (κ3) is 6.91. The van der Waals surface area contributed by atoms with Gasteiger partial charge in [0.05, 0.1) is 71.5 Å². The van der Waals surface area contributed by atoms with Gasteiger partial charge in [-0.15, -0.1) is 22.1 Å². The second kappa shape index (κ2) is 15.5. The van der Waals surface area contributed by atoms with Gasteiger partial charge in [0.15, 0.2) is 0 Å². The zero-order chi connectivity index (χ0) is 31.4. The molecule has 0 aliphatic carbocycles. The molecule has 0 atom stereocenters. The van der Waals surface area contributed by atoms with Crippen molar-refractivity contribution in [1.82, 2.24) is 19.9 Å². The Labute approximate surface area is 280 Å². The van der Waals surface area contributed by atoms with Crippen LogP contribution in [0.3, 0.4) is 0 Å². The van der Waals surface area contributed by atoms with Crippen molar-refractivity contribution in [2.75, 3.05) is 26.4 Å². The first-order valence-electron chi connectivity index (χ1n) is 14.0. The zero-order valence-electron chi connectivity index (χ0n) is 25.3. The molecule has 0 fully saturated rings. The Balaban J connectivity index is 0.00000288. The van der Waals surface area contributed by atoms with Gasteiger partial charge in [-0.2, -0.15) is 0 Å². The number of fused-ring (bicyclic) bond motifs is 8. The maximum absolute atomic E-state index is 13.2. The minimum atomic E-state index is -0.700. The average molecular weight is 687 g/mol. The topological polar surface area (TPSA) is 159 Å². The third-order valence-electron chi connectivity index (χ3n) is 6.53. The van der Waals surface area contributed by atoms with Crippen molar-refractivity contribution in [3.05, 3.63) is 69.3 Å². The normalized spacial score (nSPS) is 11.2. The molecule has 46 heavy (non-hydrogen) atoms. The molecule has 12 nitrogen and oxygen atoms in total. The van der Waals surface area contributed by atoms with E-state index in [1.165, 1.54) is 0 Å². The summed E-state index contributed by atoms with van der Waals surface area (Å²) in [5.41, 5.74) is 1.49. The fourth-order valence-corrected chi connectivity index (χ4v) is 4.74. The number of carbonyl (C=O) groups is 4. The summed E-state index contributed by atoms with van der Waals surface area (Å²) in [5, 5.41) is 0. The van der Waals surface area contributed by atoms with Crippen LogP contribution in [0.25, 0.3) is 46.4 Å². The first-order valence-corrected chi connectivity index (χ1v) is 14.0. The molecule has 0 saturated carbocycles. The molecule has 5 rings (SSSR count). The molecule has 0 spiro atoms. The molecule has 0 N–H and O–H groups in total. The Morgan fingerprint density at radius 3 is 0.913 bits per heavy atom. The van der Waals surface area contributed by atoms with E-state index in [0.29, 0.717) is 0 Å². The van der Waals surface area contributed by atoms with Crippen LogP contribution in [0.5, 0.6) is 0 Å². The van der Waals surface area contributed by atoms with Crippen LogP contribution in [0.4, 0.5) is 0 Å². The van der Waals surface area contributed by atoms with E-state index in [1.807, 2.05) is 0 Å². The summed E-state index contributed by atoms with van der Waals surface area (Å²) in [4.78, 5) is 71.3. The first-order chi connectivity index (χ1) is 21.3. The summed E-state index contributed by atoms with van der Waals surface area (Å²) in [6.45, 7) is 7.01. The van der Waals surface area contributed by atoms with Crippen molar-refractivity contribution in [1.29, 1.82) is 0 Å². The molecular weight excluding hydrogens is 659 g/mol. The number of rotatable bonds is 8. The van der Waals surface area contributed by atoms with Gasteiger partial charge in [0, 0.05) is 0 Å².